The van der Waals surface area contributed by atoms with Gasteiger partial charge in [-0.1, -0.05) is 11.5 Å². The highest BCUT2D eigenvalue weighted by Gasteiger charge is 2.33. The number of allylic oxidation sites excluding steroid dienone is 2. The summed E-state index contributed by atoms with van der Waals surface area (Å²) in [5.74, 6) is 2.52. The van der Waals surface area contributed by atoms with Gasteiger partial charge in [0.25, 0.3) is 0 Å². The zero-order chi connectivity index (χ0) is 17.8. The summed E-state index contributed by atoms with van der Waals surface area (Å²) >= 11 is 1.58. The van der Waals surface area contributed by atoms with Gasteiger partial charge in [0.1, 0.15) is 11.0 Å². The van der Waals surface area contributed by atoms with Crippen molar-refractivity contribution in [1.29, 1.82) is 0 Å². The van der Waals surface area contributed by atoms with E-state index in [0.717, 1.165) is 29.1 Å². The number of aryl methyl sites for hydroxylation is 1. The lowest BCUT2D eigenvalue weighted by Gasteiger charge is -2.35. The smallest absolute Gasteiger partial charge is 0.318 e. The first-order chi connectivity index (χ1) is 12.1. The number of terminal acetylenes is 1. The number of carbonyl (C=O) groups is 1. The maximum atomic E-state index is 12.9. The Bertz CT molecular complexity index is 744. The molecule has 132 valence electrons. The molecule has 1 saturated heterocycles. The molecular weight excluding hydrogens is 334 g/mol. The molecule has 1 aliphatic heterocycles. The third kappa shape index (κ3) is 3.94. The minimum Gasteiger partial charge on any atom is -0.377 e. The molecule has 2 heterocycles. The van der Waals surface area contributed by atoms with Gasteiger partial charge in [0.2, 0.25) is 0 Å². The molecule has 1 N–H and O–H groups in total. The van der Waals surface area contributed by atoms with E-state index in [1.807, 2.05) is 23.3 Å². The Morgan fingerprint density at radius 2 is 2.40 bits per heavy atom. The number of urea groups is 1. The number of carbonyl (C=O) groups excluding carboxylic acids is 1. The van der Waals surface area contributed by atoms with E-state index < -0.39 is 0 Å². The predicted octanol–water partition coefficient (Wildman–Crippen LogP) is 3.20. The van der Waals surface area contributed by atoms with E-state index in [4.69, 9.17) is 11.2 Å². The van der Waals surface area contributed by atoms with E-state index in [9.17, 15) is 4.79 Å². The van der Waals surface area contributed by atoms with E-state index in [0.29, 0.717) is 19.8 Å². The van der Waals surface area contributed by atoms with E-state index >= 15 is 0 Å². The molecule has 0 spiro atoms. The standard InChI is InChI=1S/C19H23N3O2S/c1-4-5-6-15-13(2)7-8-16(15)21-19(23)22-9-10-24-11-17(22)18-20-14(3)12-25-18/h1,5-6,12,16-17H,7-11H2,2-3H3,(H,21,23)/b6-5-. The molecule has 1 aromatic rings. The van der Waals surface area contributed by atoms with Crippen LogP contribution in [-0.2, 0) is 4.74 Å². The molecular formula is C19H23N3O2S. The molecule has 0 aromatic carbocycles. The van der Waals surface area contributed by atoms with Crippen molar-refractivity contribution in [3.8, 4) is 12.3 Å². The van der Waals surface area contributed by atoms with Crippen LogP contribution in [0, 0.1) is 19.3 Å². The lowest BCUT2D eigenvalue weighted by molar-refractivity contribution is 0.0112. The van der Waals surface area contributed by atoms with Gasteiger partial charge in [-0.05, 0) is 44.4 Å². The largest absolute Gasteiger partial charge is 0.377 e. The number of nitrogens with one attached hydrogen (secondary N) is 1. The highest BCUT2D eigenvalue weighted by atomic mass is 32.1. The number of hydrogen-bond acceptors (Lipinski definition) is 4. The number of aromatic nitrogens is 1. The second-order valence-corrected chi connectivity index (χ2v) is 7.28. The van der Waals surface area contributed by atoms with Crippen molar-refractivity contribution < 1.29 is 9.53 Å². The highest BCUT2D eigenvalue weighted by Crippen LogP contribution is 2.30. The van der Waals surface area contributed by atoms with Gasteiger partial charge in [0, 0.05) is 17.6 Å². The first kappa shape index (κ1) is 17.7. The summed E-state index contributed by atoms with van der Waals surface area (Å²) in [5, 5.41) is 6.11. The van der Waals surface area contributed by atoms with E-state index in [1.54, 1.807) is 17.4 Å². The molecule has 0 saturated carbocycles. The molecule has 1 aliphatic carbocycles. The van der Waals surface area contributed by atoms with Crippen LogP contribution in [-0.4, -0.2) is 41.7 Å². The van der Waals surface area contributed by atoms with Crippen molar-refractivity contribution in [1.82, 2.24) is 15.2 Å². The van der Waals surface area contributed by atoms with Gasteiger partial charge >= 0.3 is 6.03 Å². The molecule has 5 nitrogen and oxygen atoms in total. The van der Waals surface area contributed by atoms with Crippen molar-refractivity contribution >= 4 is 17.4 Å². The summed E-state index contributed by atoms with van der Waals surface area (Å²) < 4.78 is 5.59. The number of hydrogen-bond donors (Lipinski definition) is 1. The summed E-state index contributed by atoms with van der Waals surface area (Å²) in [7, 11) is 0. The Hall–Kier alpha value is -2.10. The quantitative estimate of drug-likeness (QED) is 0.845. The van der Waals surface area contributed by atoms with Crippen LogP contribution in [0.3, 0.4) is 0 Å². The summed E-state index contributed by atoms with van der Waals surface area (Å²) in [6.45, 7) is 5.67. The van der Waals surface area contributed by atoms with Crippen LogP contribution in [0.1, 0.15) is 36.5 Å². The number of morpholine rings is 1. The summed E-state index contributed by atoms with van der Waals surface area (Å²) in [5.41, 5.74) is 3.38. The Morgan fingerprint density at radius 3 is 3.12 bits per heavy atom. The average molecular weight is 357 g/mol. The zero-order valence-electron chi connectivity index (χ0n) is 14.6. The van der Waals surface area contributed by atoms with Gasteiger partial charge in [0.05, 0.1) is 19.3 Å². The Labute approximate surface area is 152 Å². The number of amides is 2. The van der Waals surface area contributed by atoms with Gasteiger partial charge in [0.15, 0.2) is 0 Å². The van der Waals surface area contributed by atoms with Gasteiger partial charge in [-0.25, -0.2) is 9.78 Å². The number of rotatable bonds is 3. The van der Waals surface area contributed by atoms with Gasteiger partial charge in [-0.2, -0.15) is 0 Å². The average Bonchev–Trinajstić information content (AvgIpc) is 3.19. The summed E-state index contributed by atoms with van der Waals surface area (Å²) in [6, 6.07) is -0.172. The fourth-order valence-corrected chi connectivity index (χ4v) is 4.21. The second kappa shape index (κ2) is 7.85. The molecule has 1 aromatic heterocycles. The zero-order valence-corrected chi connectivity index (χ0v) is 15.4. The molecule has 2 unspecified atom stereocenters. The van der Waals surface area contributed by atoms with Crippen molar-refractivity contribution in [2.24, 2.45) is 0 Å². The molecule has 3 rings (SSSR count). The van der Waals surface area contributed by atoms with Gasteiger partial charge < -0.3 is 15.0 Å². The van der Waals surface area contributed by atoms with Crippen LogP contribution in [0.25, 0.3) is 0 Å². The lowest BCUT2D eigenvalue weighted by Crippen LogP contribution is -2.50. The number of ether oxygens (including phenoxy) is 1. The maximum Gasteiger partial charge on any atom is 0.318 e. The van der Waals surface area contributed by atoms with Gasteiger partial charge in [-0.3, -0.25) is 0 Å². The number of nitrogens with zero attached hydrogens (tertiary/aromatic N) is 2. The first-order valence-electron chi connectivity index (χ1n) is 8.49. The van der Waals surface area contributed by atoms with Crippen molar-refractivity contribution in [2.45, 2.75) is 38.8 Å². The predicted molar refractivity (Wildman–Crippen MR) is 99.3 cm³/mol. The monoisotopic (exact) mass is 357 g/mol. The van der Waals surface area contributed by atoms with Crippen LogP contribution in [0.5, 0.6) is 0 Å². The van der Waals surface area contributed by atoms with Crippen LogP contribution in [0.4, 0.5) is 4.79 Å². The molecule has 25 heavy (non-hydrogen) atoms. The van der Waals surface area contributed by atoms with Crippen molar-refractivity contribution in [2.75, 3.05) is 19.8 Å². The molecule has 2 atom stereocenters. The molecule has 0 radical (unpaired) electrons. The summed E-state index contributed by atoms with van der Waals surface area (Å²) in [4.78, 5) is 19.3. The van der Waals surface area contributed by atoms with E-state index in [2.05, 4.69) is 23.1 Å². The lowest BCUT2D eigenvalue weighted by atomic mass is 10.1. The second-order valence-electron chi connectivity index (χ2n) is 6.39. The SMILES string of the molecule is C#C/C=C\C1=C(C)CCC1NC(=O)N1CCOCC1c1nc(C)cs1. The summed E-state index contributed by atoms with van der Waals surface area (Å²) in [6.07, 6.45) is 10.8. The molecule has 1 fully saturated rings. The maximum absolute atomic E-state index is 12.9. The first-order valence-corrected chi connectivity index (χ1v) is 9.37. The molecule has 2 aliphatic rings. The van der Waals surface area contributed by atoms with Crippen molar-refractivity contribution in [3.63, 3.8) is 0 Å². The third-order valence-corrected chi connectivity index (χ3v) is 5.71. The third-order valence-electron chi connectivity index (χ3n) is 4.64. The highest BCUT2D eigenvalue weighted by molar-refractivity contribution is 7.09. The number of thiazole rings is 1. The van der Waals surface area contributed by atoms with Crippen LogP contribution >= 0.6 is 11.3 Å². The van der Waals surface area contributed by atoms with Crippen LogP contribution in [0.15, 0.2) is 28.7 Å². The minimum absolute atomic E-state index is 0.0126. The normalized spacial score (nSPS) is 24.0. The van der Waals surface area contributed by atoms with Crippen molar-refractivity contribution in [3.05, 3.63) is 39.4 Å². The molecule has 0 bridgehead atoms. The van der Waals surface area contributed by atoms with E-state index in [1.165, 1.54) is 5.57 Å². The van der Waals surface area contributed by atoms with Crippen LogP contribution in [0.2, 0.25) is 0 Å². The fourth-order valence-electron chi connectivity index (χ4n) is 3.31. The minimum atomic E-state index is -0.122. The molecule has 6 heteroatoms. The Kier molecular flexibility index (Phi) is 5.57. The fraction of sp³-hybridized carbons (Fsp3) is 0.474. The Balaban J connectivity index is 1.73. The Morgan fingerprint density at radius 1 is 1.56 bits per heavy atom. The van der Waals surface area contributed by atoms with E-state index in [-0.39, 0.29) is 18.1 Å². The topological polar surface area (TPSA) is 54.5 Å². The van der Waals surface area contributed by atoms with Crippen LogP contribution < -0.4 is 5.32 Å². The van der Waals surface area contributed by atoms with Gasteiger partial charge in [-0.15, -0.1) is 17.8 Å². The molecule has 2 amide bonds.